The zero-order chi connectivity index (χ0) is 22.4. The van der Waals surface area contributed by atoms with Crippen LogP contribution in [0.5, 0.6) is 11.5 Å². The summed E-state index contributed by atoms with van der Waals surface area (Å²) in [5.41, 5.74) is 9.83. The first kappa shape index (κ1) is 22.0. The Labute approximate surface area is 181 Å². The number of nitrogen functional groups attached to an aromatic ring is 1. The summed E-state index contributed by atoms with van der Waals surface area (Å²) in [4.78, 5) is 27.2. The molecule has 2 aromatic carbocycles. The van der Waals surface area contributed by atoms with E-state index in [0.717, 1.165) is 15.8 Å². The van der Waals surface area contributed by atoms with Crippen molar-refractivity contribution in [2.24, 2.45) is 5.10 Å². The topological polar surface area (TPSA) is 142 Å². The van der Waals surface area contributed by atoms with E-state index in [4.69, 9.17) is 15.2 Å². The van der Waals surface area contributed by atoms with Crippen molar-refractivity contribution < 1.29 is 19.2 Å². The third-order valence-electron chi connectivity index (χ3n) is 4.11. The molecule has 11 heteroatoms. The Balaban J connectivity index is 1.74. The zero-order valence-corrected chi connectivity index (χ0v) is 17.8. The van der Waals surface area contributed by atoms with Gasteiger partial charge >= 0.3 is 5.69 Å². The summed E-state index contributed by atoms with van der Waals surface area (Å²) in [6, 6.07) is 8.21. The van der Waals surface area contributed by atoms with E-state index in [0.29, 0.717) is 23.1 Å². The molecule has 0 radical (unpaired) electrons. The third-order valence-corrected chi connectivity index (χ3v) is 4.96. The minimum absolute atomic E-state index is 0.104. The van der Waals surface area contributed by atoms with Crippen LogP contribution in [0.3, 0.4) is 0 Å². The van der Waals surface area contributed by atoms with Crippen LogP contribution in [-0.2, 0) is 11.2 Å². The number of nitrogens with one attached hydrogen (secondary N) is 1. The summed E-state index contributed by atoms with van der Waals surface area (Å²) in [7, 11) is 0. The average Bonchev–Trinajstić information content (AvgIpc) is 3.09. The fourth-order valence-electron chi connectivity index (χ4n) is 2.86. The van der Waals surface area contributed by atoms with Gasteiger partial charge < -0.3 is 15.2 Å². The quantitative estimate of drug-likeness (QED) is 0.293. The molecule has 0 unspecified atom stereocenters. The number of anilines is 1. The molecular formula is C20H21N5O5S. The van der Waals surface area contributed by atoms with Gasteiger partial charge in [0.25, 0.3) is 0 Å². The molecule has 1 amide bonds. The molecule has 1 heterocycles. The maximum Gasteiger partial charge on any atom is 0.311 e. The van der Waals surface area contributed by atoms with E-state index in [1.165, 1.54) is 29.7 Å². The second-order valence-electron chi connectivity index (χ2n) is 6.31. The van der Waals surface area contributed by atoms with Crippen LogP contribution in [0.15, 0.2) is 35.4 Å². The Hall–Kier alpha value is -3.73. The van der Waals surface area contributed by atoms with Crippen molar-refractivity contribution in [3.8, 4) is 11.5 Å². The molecule has 162 valence electrons. The van der Waals surface area contributed by atoms with Crippen molar-refractivity contribution in [1.82, 2.24) is 10.4 Å². The van der Waals surface area contributed by atoms with Gasteiger partial charge in [-0.3, -0.25) is 14.9 Å². The van der Waals surface area contributed by atoms with E-state index >= 15 is 0 Å². The van der Waals surface area contributed by atoms with Crippen LogP contribution in [0.4, 0.5) is 10.8 Å². The molecule has 0 saturated heterocycles. The van der Waals surface area contributed by atoms with Crippen LogP contribution >= 0.6 is 11.3 Å². The number of rotatable bonds is 9. The fourth-order valence-corrected chi connectivity index (χ4v) is 3.65. The Morgan fingerprint density at radius 3 is 2.71 bits per heavy atom. The van der Waals surface area contributed by atoms with Crippen LogP contribution in [0.25, 0.3) is 10.2 Å². The van der Waals surface area contributed by atoms with Gasteiger partial charge in [0.15, 0.2) is 5.13 Å². The molecule has 0 bridgehead atoms. The number of fused-ring (bicyclic) bond motifs is 1. The highest BCUT2D eigenvalue weighted by molar-refractivity contribution is 7.22. The van der Waals surface area contributed by atoms with Crippen molar-refractivity contribution in [2.45, 2.75) is 20.3 Å². The summed E-state index contributed by atoms with van der Waals surface area (Å²) in [5, 5.41) is 15.8. The number of carbonyl (C=O) groups excluding carboxylic acids is 1. The number of hydrazone groups is 1. The largest absolute Gasteiger partial charge is 0.493 e. The third kappa shape index (κ3) is 5.45. The minimum Gasteiger partial charge on any atom is -0.493 e. The van der Waals surface area contributed by atoms with Gasteiger partial charge in [0, 0.05) is 17.7 Å². The average molecular weight is 443 g/mol. The van der Waals surface area contributed by atoms with Crippen LogP contribution in [0.1, 0.15) is 25.0 Å². The normalized spacial score (nSPS) is 11.0. The second kappa shape index (κ2) is 9.85. The first-order chi connectivity index (χ1) is 14.9. The predicted octanol–water partition coefficient (Wildman–Crippen LogP) is 3.28. The van der Waals surface area contributed by atoms with Gasteiger partial charge in [0.05, 0.1) is 41.0 Å². The van der Waals surface area contributed by atoms with Gasteiger partial charge in [-0.2, -0.15) is 5.10 Å². The molecule has 3 N–H and O–H groups in total. The standard InChI is InChI=1S/C20H21N5O5S/c1-3-29-16-10-17(30-4-2)15(25(27)28)9-13(16)11-22-24-19(26)8-12-5-6-14-18(7-12)31-20(21)23-14/h5-7,9-11H,3-4,8H2,1-2H3,(H2,21,23)(H,24,26)/b22-11-. The fraction of sp³-hybridized carbons (Fsp3) is 0.250. The van der Waals surface area contributed by atoms with E-state index in [9.17, 15) is 14.9 Å². The van der Waals surface area contributed by atoms with E-state index < -0.39 is 4.92 Å². The van der Waals surface area contributed by atoms with Gasteiger partial charge in [-0.05, 0) is 31.5 Å². The first-order valence-electron chi connectivity index (χ1n) is 9.46. The number of hydrogen-bond acceptors (Lipinski definition) is 9. The summed E-state index contributed by atoms with van der Waals surface area (Å²) >= 11 is 1.35. The highest BCUT2D eigenvalue weighted by Crippen LogP contribution is 2.34. The number of amides is 1. The van der Waals surface area contributed by atoms with E-state index in [1.54, 1.807) is 19.9 Å². The lowest BCUT2D eigenvalue weighted by Gasteiger charge is -2.10. The van der Waals surface area contributed by atoms with Crippen molar-refractivity contribution in [1.29, 1.82) is 0 Å². The maximum absolute atomic E-state index is 12.2. The van der Waals surface area contributed by atoms with Crippen LogP contribution in [0, 0.1) is 10.1 Å². The highest BCUT2D eigenvalue weighted by atomic mass is 32.1. The van der Waals surface area contributed by atoms with Crippen molar-refractivity contribution in [3.05, 3.63) is 51.6 Å². The second-order valence-corrected chi connectivity index (χ2v) is 7.37. The van der Waals surface area contributed by atoms with Gasteiger partial charge in [0.1, 0.15) is 5.75 Å². The Morgan fingerprint density at radius 2 is 2.00 bits per heavy atom. The smallest absolute Gasteiger partial charge is 0.311 e. The Morgan fingerprint density at radius 1 is 1.26 bits per heavy atom. The van der Waals surface area contributed by atoms with E-state index in [2.05, 4.69) is 15.5 Å². The van der Waals surface area contributed by atoms with Gasteiger partial charge in [-0.1, -0.05) is 17.4 Å². The molecule has 1 aromatic heterocycles. The highest BCUT2D eigenvalue weighted by Gasteiger charge is 2.19. The van der Waals surface area contributed by atoms with Crippen LogP contribution in [-0.4, -0.2) is 35.2 Å². The molecule has 0 aliphatic carbocycles. The number of hydrogen-bond donors (Lipinski definition) is 2. The number of nitro benzene ring substituents is 1. The zero-order valence-electron chi connectivity index (χ0n) is 17.0. The number of aromatic nitrogens is 1. The number of nitro groups is 1. The summed E-state index contributed by atoms with van der Waals surface area (Å²) < 4.78 is 11.8. The molecule has 10 nitrogen and oxygen atoms in total. The maximum atomic E-state index is 12.2. The molecule has 3 rings (SSSR count). The molecule has 0 aliphatic rings. The number of ether oxygens (including phenoxy) is 2. The van der Waals surface area contributed by atoms with Crippen molar-refractivity contribution in [3.63, 3.8) is 0 Å². The molecule has 0 fully saturated rings. The summed E-state index contributed by atoms with van der Waals surface area (Å²) in [5.74, 6) is 0.130. The van der Waals surface area contributed by atoms with Gasteiger partial charge in [-0.25, -0.2) is 10.4 Å². The Kier molecular flexibility index (Phi) is 6.98. The number of carbonyl (C=O) groups is 1. The lowest BCUT2D eigenvalue weighted by Crippen LogP contribution is -2.19. The lowest BCUT2D eigenvalue weighted by atomic mass is 10.1. The Bertz CT molecular complexity index is 1140. The molecular weight excluding hydrogens is 422 g/mol. The predicted molar refractivity (Wildman–Crippen MR) is 119 cm³/mol. The number of benzene rings is 2. The minimum atomic E-state index is -0.543. The lowest BCUT2D eigenvalue weighted by molar-refractivity contribution is -0.385. The monoisotopic (exact) mass is 443 g/mol. The van der Waals surface area contributed by atoms with E-state index in [-0.39, 0.29) is 30.4 Å². The van der Waals surface area contributed by atoms with E-state index in [1.807, 2.05) is 12.1 Å². The van der Waals surface area contributed by atoms with Crippen LogP contribution < -0.4 is 20.6 Å². The molecule has 0 aliphatic heterocycles. The molecule has 3 aromatic rings. The number of nitrogens with two attached hydrogens (primary N) is 1. The first-order valence-corrected chi connectivity index (χ1v) is 10.3. The van der Waals surface area contributed by atoms with Gasteiger partial charge in [-0.15, -0.1) is 0 Å². The molecule has 0 saturated carbocycles. The molecule has 31 heavy (non-hydrogen) atoms. The van der Waals surface area contributed by atoms with Crippen molar-refractivity contribution >= 4 is 44.5 Å². The van der Waals surface area contributed by atoms with Crippen LogP contribution in [0.2, 0.25) is 0 Å². The molecule has 0 spiro atoms. The summed E-state index contributed by atoms with van der Waals surface area (Å²) in [6.07, 6.45) is 1.41. The SMILES string of the molecule is CCOc1cc(OCC)c([N+](=O)[O-])cc1/C=N\NC(=O)Cc1ccc2nc(N)sc2c1. The number of thiazole rings is 1. The van der Waals surface area contributed by atoms with Gasteiger partial charge in [0.2, 0.25) is 11.7 Å². The van der Waals surface area contributed by atoms with Crippen molar-refractivity contribution in [2.75, 3.05) is 18.9 Å². The number of nitrogens with zero attached hydrogens (tertiary/aromatic N) is 3. The summed E-state index contributed by atoms with van der Waals surface area (Å²) in [6.45, 7) is 4.14. The molecule has 0 atom stereocenters.